The molecule has 3 heterocycles. The van der Waals surface area contributed by atoms with Crippen molar-refractivity contribution < 1.29 is 27.0 Å². The minimum Gasteiger partial charge on any atom is -0.478 e. The molecular formula is C35H53BFeN6O2-. The van der Waals surface area contributed by atoms with E-state index in [0.717, 1.165) is 22.6 Å². The fourth-order valence-corrected chi connectivity index (χ4v) is 4.99. The van der Waals surface area contributed by atoms with Gasteiger partial charge in [0.15, 0.2) is 0 Å². The molecular weight excluding hydrogens is 603 g/mol. The fourth-order valence-electron chi connectivity index (χ4n) is 4.99. The molecule has 1 N–H and O–H groups in total. The average molecular weight is 657 g/mol. The molecule has 45 heavy (non-hydrogen) atoms. The summed E-state index contributed by atoms with van der Waals surface area (Å²) in [5, 5.41) is 24.0. The van der Waals surface area contributed by atoms with Crippen LogP contribution in [0, 0.1) is 6.92 Å². The van der Waals surface area contributed by atoms with Crippen molar-refractivity contribution in [3.8, 4) is 0 Å². The summed E-state index contributed by atoms with van der Waals surface area (Å²) in [6.45, 7) is 28.6. The molecule has 0 bridgehead atoms. The Kier molecular flexibility index (Phi) is 13.5. The molecule has 0 atom stereocenters. The zero-order chi connectivity index (χ0) is 33.0. The first kappa shape index (κ1) is 38.1. The molecule has 8 nitrogen and oxygen atoms in total. The first-order chi connectivity index (χ1) is 20.5. The maximum absolute atomic E-state index is 10.3. The van der Waals surface area contributed by atoms with E-state index in [9.17, 15) is 4.79 Å². The average Bonchev–Trinajstić information content (AvgIpc) is 3.67. The van der Waals surface area contributed by atoms with Crippen molar-refractivity contribution in [2.75, 3.05) is 0 Å². The molecule has 0 saturated heterocycles. The Balaban J connectivity index is 0.000000546. The van der Waals surface area contributed by atoms with Crippen molar-refractivity contribution >= 4 is 13.1 Å². The SMILES string of the molecule is CC(C)c1cc(C(C)C)n([B-](n2nc(C(C)C)cc2C(C)C)n2nc(C(C)C)cc2C(C)C)n1.Cc1ccc(C(=O)O)cc1.[Fe]. The largest absolute Gasteiger partial charge is 0.478 e. The van der Waals surface area contributed by atoms with Crippen molar-refractivity contribution in [2.45, 2.75) is 126 Å². The molecule has 10 heteroatoms. The maximum Gasteiger partial charge on any atom is 0.335 e. The standard InChI is InChI=1S/C27H45BN6.C8H8O2.Fe/c1-16(2)22-13-25(19(7)8)32(29-22)28(33-26(20(9)10)14-23(30-33)17(3)4)34-27(21(11)12)15-24(31-34)18(5)6;1-6-2-4-7(5-3-6)8(9)10;/h13-21H,1-12H3;2-5H,1H3,(H,9,10);/q-1;;. The molecule has 0 saturated carbocycles. The van der Waals surface area contributed by atoms with Crippen LogP contribution < -0.4 is 0 Å². The predicted molar refractivity (Wildman–Crippen MR) is 181 cm³/mol. The van der Waals surface area contributed by atoms with Crippen LogP contribution in [0.5, 0.6) is 0 Å². The Morgan fingerprint density at radius 3 is 1.09 bits per heavy atom. The Morgan fingerprint density at radius 2 is 0.867 bits per heavy atom. The van der Waals surface area contributed by atoms with Crippen molar-refractivity contribution in [3.05, 3.63) is 87.8 Å². The Hall–Kier alpha value is -3.10. The van der Waals surface area contributed by atoms with Crippen LogP contribution in [0.2, 0.25) is 0 Å². The minimum atomic E-state index is -0.875. The van der Waals surface area contributed by atoms with Gasteiger partial charge in [0.25, 0.3) is 7.12 Å². The second-order valence-corrected chi connectivity index (χ2v) is 13.8. The van der Waals surface area contributed by atoms with Gasteiger partial charge in [0.1, 0.15) is 0 Å². The van der Waals surface area contributed by atoms with Crippen molar-refractivity contribution in [3.63, 3.8) is 0 Å². The Morgan fingerprint density at radius 1 is 0.578 bits per heavy atom. The number of benzene rings is 1. The van der Waals surface area contributed by atoms with Gasteiger partial charge in [-0.25, -0.2) is 20.1 Å². The Labute approximate surface area is 281 Å². The second kappa shape index (κ2) is 15.9. The van der Waals surface area contributed by atoms with Gasteiger partial charge in [-0.15, -0.1) is 0 Å². The van der Waals surface area contributed by atoms with E-state index < -0.39 is 5.97 Å². The van der Waals surface area contributed by atoms with E-state index in [0.29, 0.717) is 41.1 Å². The van der Waals surface area contributed by atoms with Crippen LogP contribution in [-0.4, -0.2) is 47.3 Å². The number of hydrogen-bond acceptors (Lipinski definition) is 4. The minimum absolute atomic E-state index is 0. The summed E-state index contributed by atoms with van der Waals surface area (Å²) in [4.78, 5) is 10.3. The summed E-state index contributed by atoms with van der Waals surface area (Å²) < 4.78 is 6.56. The number of rotatable bonds is 10. The summed E-state index contributed by atoms with van der Waals surface area (Å²) in [5.41, 5.74) is 8.37. The van der Waals surface area contributed by atoms with E-state index in [1.54, 1.807) is 24.3 Å². The first-order valence-corrected chi connectivity index (χ1v) is 16.1. The molecule has 4 aromatic rings. The third-order valence-corrected chi connectivity index (χ3v) is 7.85. The quantitative estimate of drug-likeness (QED) is 0.173. The molecule has 1 aromatic carbocycles. The van der Waals surface area contributed by atoms with Crippen LogP contribution >= 0.6 is 0 Å². The number of carbonyl (C=O) groups is 1. The van der Waals surface area contributed by atoms with E-state index in [1.165, 1.54) is 17.1 Å². The third kappa shape index (κ3) is 9.01. The number of hydrogen-bond donors (Lipinski definition) is 1. The summed E-state index contributed by atoms with van der Waals surface area (Å²) >= 11 is 0. The molecule has 0 spiro atoms. The zero-order valence-electron chi connectivity index (χ0n) is 29.5. The van der Waals surface area contributed by atoms with Gasteiger partial charge in [0.05, 0.1) is 22.6 Å². The number of carboxylic acid groups (broad SMARTS) is 1. The van der Waals surface area contributed by atoms with Gasteiger partial charge < -0.3 is 18.9 Å². The molecule has 0 aliphatic heterocycles. The smallest absolute Gasteiger partial charge is 0.335 e. The molecule has 247 valence electrons. The van der Waals surface area contributed by atoms with Gasteiger partial charge in [0, 0.05) is 17.1 Å². The molecule has 1 radical (unpaired) electrons. The number of aromatic nitrogens is 6. The second-order valence-electron chi connectivity index (χ2n) is 13.8. The summed E-state index contributed by atoms with van der Waals surface area (Å²) in [6.07, 6.45) is 0. The summed E-state index contributed by atoms with van der Waals surface area (Å²) in [7, 11) is -0.292. The fraction of sp³-hybridized carbons (Fsp3) is 0.543. The third-order valence-electron chi connectivity index (χ3n) is 7.85. The summed E-state index contributed by atoms with van der Waals surface area (Å²) in [5.74, 6) is 1.15. The normalized spacial score (nSPS) is 11.7. The molecule has 0 unspecified atom stereocenters. The van der Waals surface area contributed by atoms with Crippen molar-refractivity contribution in [1.82, 2.24) is 29.1 Å². The molecule has 3 aromatic heterocycles. The van der Waals surface area contributed by atoms with E-state index >= 15 is 0 Å². The van der Waals surface area contributed by atoms with Crippen LogP contribution in [0.1, 0.15) is 169 Å². The monoisotopic (exact) mass is 656 g/mol. The van der Waals surface area contributed by atoms with Crippen LogP contribution in [0.3, 0.4) is 0 Å². The number of aromatic carboxylic acids is 1. The summed E-state index contributed by atoms with van der Waals surface area (Å²) in [6, 6.07) is 13.6. The van der Waals surface area contributed by atoms with Gasteiger partial charge in [-0.3, -0.25) is 0 Å². The zero-order valence-corrected chi connectivity index (χ0v) is 30.6. The number of nitrogens with zero attached hydrogens (tertiary/aromatic N) is 6. The van der Waals surface area contributed by atoms with Gasteiger partial charge in [-0.2, -0.15) is 0 Å². The van der Waals surface area contributed by atoms with E-state index in [1.807, 2.05) is 6.92 Å². The number of carboxylic acids is 1. The van der Waals surface area contributed by atoms with Gasteiger partial charge in [-0.1, -0.05) is 101 Å². The first-order valence-electron chi connectivity index (χ1n) is 16.1. The molecule has 0 amide bonds. The van der Waals surface area contributed by atoms with E-state index in [2.05, 4.69) is 115 Å². The topological polar surface area (TPSA) is 90.8 Å². The molecule has 0 aliphatic carbocycles. The maximum atomic E-state index is 10.3. The molecule has 0 aliphatic rings. The van der Waals surface area contributed by atoms with Gasteiger partial charge in [0.2, 0.25) is 0 Å². The molecule has 4 rings (SSSR count). The van der Waals surface area contributed by atoms with Crippen LogP contribution in [0.4, 0.5) is 0 Å². The predicted octanol–water partition coefficient (Wildman–Crippen LogP) is 8.64. The van der Waals surface area contributed by atoms with Crippen LogP contribution in [-0.2, 0) is 17.1 Å². The van der Waals surface area contributed by atoms with Crippen molar-refractivity contribution in [1.29, 1.82) is 0 Å². The van der Waals surface area contributed by atoms with Gasteiger partial charge in [-0.05, 0) is 89.8 Å². The number of aryl methyl sites for hydroxylation is 1. The molecule has 0 fully saturated rings. The van der Waals surface area contributed by atoms with Crippen LogP contribution in [0.25, 0.3) is 0 Å². The van der Waals surface area contributed by atoms with Gasteiger partial charge >= 0.3 is 5.97 Å². The van der Waals surface area contributed by atoms with E-state index in [-0.39, 0.29) is 24.2 Å². The Bertz CT molecular complexity index is 1390. The van der Waals surface area contributed by atoms with Crippen molar-refractivity contribution in [2.24, 2.45) is 0 Å². The van der Waals surface area contributed by atoms with E-state index in [4.69, 9.17) is 20.4 Å². The van der Waals surface area contributed by atoms with Crippen LogP contribution in [0.15, 0.2) is 42.5 Å².